The van der Waals surface area contributed by atoms with Gasteiger partial charge in [-0.25, -0.2) is 14.4 Å². The van der Waals surface area contributed by atoms with E-state index in [0.29, 0.717) is 37.4 Å². The van der Waals surface area contributed by atoms with Crippen molar-refractivity contribution in [2.24, 2.45) is 5.92 Å². The number of aliphatic carboxylic acids is 1. The quantitative estimate of drug-likeness (QED) is 0.903. The summed E-state index contributed by atoms with van der Waals surface area (Å²) in [6.07, 6.45) is 2.65. The molecule has 1 aliphatic heterocycles. The number of hydrogen-bond acceptors (Lipinski definition) is 5. The standard InChI is InChI=1S/C16H17FN4O2/c17-12-2-1-3-13(8-12)20-14-9-15(19-10-18-14)21-6-4-11(5-7-21)16(22)23/h1-3,8-11H,4-7H2,(H,22,23)(H,18,19,20). The van der Waals surface area contributed by atoms with Crippen molar-refractivity contribution in [1.29, 1.82) is 0 Å². The summed E-state index contributed by atoms with van der Waals surface area (Å²) in [5.41, 5.74) is 0.610. The third kappa shape index (κ3) is 3.74. The summed E-state index contributed by atoms with van der Waals surface area (Å²) in [6.45, 7) is 1.29. The Morgan fingerprint density at radius 1 is 1.26 bits per heavy atom. The zero-order chi connectivity index (χ0) is 16.2. The van der Waals surface area contributed by atoms with Crippen molar-refractivity contribution in [2.75, 3.05) is 23.3 Å². The normalized spacial score (nSPS) is 15.4. The minimum Gasteiger partial charge on any atom is -0.481 e. The lowest BCUT2D eigenvalue weighted by molar-refractivity contribution is -0.142. The van der Waals surface area contributed by atoms with Crippen LogP contribution in [0.4, 0.5) is 21.7 Å². The third-order valence-electron chi connectivity index (χ3n) is 3.92. The number of hydrogen-bond donors (Lipinski definition) is 2. The molecule has 0 aliphatic carbocycles. The molecule has 120 valence electrons. The molecular weight excluding hydrogens is 299 g/mol. The number of piperidine rings is 1. The summed E-state index contributed by atoms with van der Waals surface area (Å²) in [5, 5.41) is 12.1. The fraction of sp³-hybridized carbons (Fsp3) is 0.312. The van der Waals surface area contributed by atoms with Gasteiger partial charge in [-0.05, 0) is 31.0 Å². The number of nitrogens with one attached hydrogen (secondary N) is 1. The van der Waals surface area contributed by atoms with Crippen LogP contribution in [0.5, 0.6) is 0 Å². The first-order valence-electron chi connectivity index (χ1n) is 7.44. The molecule has 6 nitrogen and oxygen atoms in total. The van der Waals surface area contributed by atoms with Gasteiger partial charge in [0, 0.05) is 24.8 Å². The highest BCUT2D eigenvalue weighted by molar-refractivity contribution is 5.70. The van der Waals surface area contributed by atoms with Gasteiger partial charge in [-0.3, -0.25) is 4.79 Å². The van der Waals surface area contributed by atoms with E-state index in [4.69, 9.17) is 5.11 Å². The van der Waals surface area contributed by atoms with Gasteiger partial charge in [0.25, 0.3) is 0 Å². The average Bonchev–Trinajstić information content (AvgIpc) is 2.55. The van der Waals surface area contributed by atoms with E-state index in [9.17, 15) is 9.18 Å². The average molecular weight is 316 g/mol. The monoisotopic (exact) mass is 316 g/mol. The molecule has 2 N–H and O–H groups in total. The Labute approximate surface area is 133 Å². The maximum Gasteiger partial charge on any atom is 0.306 e. The van der Waals surface area contributed by atoms with Crippen LogP contribution in [0, 0.1) is 11.7 Å². The van der Waals surface area contributed by atoms with Gasteiger partial charge in [0.05, 0.1) is 5.92 Å². The van der Waals surface area contributed by atoms with Gasteiger partial charge in [-0.15, -0.1) is 0 Å². The summed E-state index contributed by atoms with van der Waals surface area (Å²) in [6, 6.07) is 7.93. The fourth-order valence-electron chi connectivity index (χ4n) is 2.66. The van der Waals surface area contributed by atoms with Gasteiger partial charge in [0.1, 0.15) is 23.8 Å². The Morgan fingerprint density at radius 2 is 2.04 bits per heavy atom. The van der Waals surface area contributed by atoms with Gasteiger partial charge in [-0.1, -0.05) is 6.07 Å². The molecule has 2 heterocycles. The Kier molecular flexibility index (Phi) is 4.36. The second-order valence-corrected chi connectivity index (χ2v) is 5.50. The van der Waals surface area contributed by atoms with Crippen molar-refractivity contribution in [1.82, 2.24) is 9.97 Å². The molecule has 0 saturated carbocycles. The van der Waals surface area contributed by atoms with Crippen molar-refractivity contribution < 1.29 is 14.3 Å². The Hall–Kier alpha value is -2.70. The van der Waals surface area contributed by atoms with Crippen LogP contribution in [0.3, 0.4) is 0 Å². The summed E-state index contributed by atoms with van der Waals surface area (Å²) >= 11 is 0. The molecule has 23 heavy (non-hydrogen) atoms. The first-order chi connectivity index (χ1) is 11.1. The second-order valence-electron chi connectivity index (χ2n) is 5.50. The smallest absolute Gasteiger partial charge is 0.306 e. The maximum atomic E-state index is 13.2. The van der Waals surface area contributed by atoms with Crippen LogP contribution >= 0.6 is 0 Å². The highest BCUT2D eigenvalue weighted by Gasteiger charge is 2.25. The number of anilines is 3. The summed E-state index contributed by atoms with van der Waals surface area (Å²) in [5.74, 6) is -0.0255. The Balaban J connectivity index is 1.69. The molecule has 1 fully saturated rings. The predicted octanol–water partition coefficient (Wildman–Crippen LogP) is 2.66. The van der Waals surface area contributed by atoms with Crippen molar-refractivity contribution in [3.63, 3.8) is 0 Å². The number of nitrogens with zero attached hydrogens (tertiary/aromatic N) is 3. The summed E-state index contributed by atoms with van der Waals surface area (Å²) in [4.78, 5) is 21.4. The number of rotatable bonds is 4. The molecule has 0 spiro atoms. The molecule has 0 bridgehead atoms. The number of carboxylic acid groups (broad SMARTS) is 1. The van der Waals surface area contributed by atoms with Gasteiger partial charge in [0.2, 0.25) is 0 Å². The Morgan fingerprint density at radius 3 is 2.74 bits per heavy atom. The molecule has 1 aromatic heterocycles. The predicted molar refractivity (Wildman–Crippen MR) is 84.3 cm³/mol. The van der Waals surface area contributed by atoms with Gasteiger partial charge in [-0.2, -0.15) is 0 Å². The molecule has 1 saturated heterocycles. The molecular formula is C16H17FN4O2. The van der Waals surface area contributed by atoms with Gasteiger partial charge < -0.3 is 15.3 Å². The lowest BCUT2D eigenvalue weighted by Gasteiger charge is -2.31. The zero-order valence-corrected chi connectivity index (χ0v) is 12.4. The molecule has 0 unspecified atom stereocenters. The maximum absolute atomic E-state index is 13.2. The third-order valence-corrected chi connectivity index (χ3v) is 3.92. The van der Waals surface area contributed by atoms with E-state index >= 15 is 0 Å². The largest absolute Gasteiger partial charge is 0.481 e. The second kappa shape index (κ2) is 6.60. The fourth-order valence-corrected chi connectivity index (χ4v) is 2.66. The van der Waals surface area contributed by atoms with Crippen molar-refractivity contribution >= 4 is 23.3 Å². The highest BCUT2D eigenvalue weighted by atomic mass is 19.1. The van der Waals surface area contributed by atoms with E-state index in [2.05, 4.69) is 15.3 Å². The van der Waals surface area contributed by atoms with Crippen LogP contribution in [-0.2, 0) is 4.79 Å². The van der Waals surface area contributed by atoms with E-state index in [0.717, 1.165) is 5.82 Å². The van der Waals surface area contributed by atoms with Crippen LogP contribution in [0.25, 0.3) is 0 Å². The van der Waals surface area contributed by atoms with Crippen LogP contribution in [0.2, 0.25) is 0 Å². The van der Waals surface area contributed by atoms with Gasteiger partial charge in [0.15, 0.2) is 0 Å². The molecule has 2 aromatic rings. The van der Waals surface area contributed by atoms with Crippen LogP contribution in [0.1, 0.15) is 12.8 Å². The number of aromatic nitrogens is 2. The number of carbonyl (C=O) groups is 1. The minimum absolute atomic E-state index is 0.280. The van der Waals surface area contributed by atoms with E-state index < -0.39 is 5.97 Å². The van der Waals surface area contributed by atoms with Crippen LogP contribution in [0.15, 0.2) is 36.7 Å². The topological polar surface area (TPSA) is 78.4 Å². The van der Waals surface area contributed by atoms with E-state index in [1.165, 1.54) is 18.5 Å². The number of carboxylic acids is 1. The molecule has 1 aliphatic rings. The molecule has 1 aromatic carbocycles. The summed E-state index contributed by atoms with van der Waals surface area (Å²) in [7, 11) is 0. The number of halogens is 1. The minimum atomic E-state index is -0.735. The lowest BCUT2D eigenvalue weighted by atomic mass is 9.97. The zero-order valence-electron chi connectivity index (χ0n) is 12.4. The van der Waals surface area contributed by atoms with E-state index in [-0.39, 0.29) is 11.7 Å². The van der Waals surface area contributed by atoms with Crippen LogP contribution in [-0.4, -0.2) is 34.1 Å². The lowest BCUT2D eigenvalue weighted by Crippen LogP contribution is -2.36. The number of benzene rings is 1. The van der Waals surface area contributed by atoms with Gasteiger partial charge >= 0.3 is 5.97 Å². The molecule has 0 radical (unpaired) electrons. The van der Waals surface area contributed by atoms with Crippen molar-refractivity contribution in [2.45, 2.75) is 12.8 Å². The first-order valence-corrected chi connectivity index (χ1v) is 7.44. The van der Waals surface area contributed by atoms with E-state index in [1.807, 2.05) is 4.90 Å². The molecule has 3 rings (SSSR count). The molecule has 7 heteroatoms. The summed E-state index contributed by atoms with van der Waals surface area (Å²) < 4.78 is 13.2. The van der Waals surface area contributed by atoms with Crippen molar-refractivity contribution in [3.05, 3.63) is 42.5 Å². The SMILES string of the molecule is O=C(O)C1CCN(c2cc(Nc3cccc(F)c3)ncn2)CC1. The van der Waals surface area contributed by atoms with Crippen LogP contribution < -0.4 is 10.2 Å². The van der Waals surface area contributed by atoms with Crippen molar-refractivity contribution in [3.8, 4) is 0 Å². The van der Waals surface area contributed by atoms with E-state index in [1.54, 1.807) is 18.2 Å². The highest BCUT2D eigenvalue weighted by Crippen LogP contribution is 2.24. The molecule has 0 atom stereocenters. The molecule has 0 amide bonds. The first kappa shape index (κ1) is 15.2. The Bertz CT molecular complexity index is 702.